The summed E-state index contributed by atoms with van der Waals surface area (Å²) < 4.78 is 0. The molecule has 0 bridgehead atoms. The Morgan fingerprint density at radius 2 is 2.18 bits per heavy atom. The van der Waals surface area contributed by atoms with E-state index in [0.29, 0.717) is 6.04 Å². The van der Waals surface area contributed by atoms with Crippen LogP contribution in [0, 0.1) is 0 Å². The average molecular weight is 154 g/mol. The maximum atomic E-state index is 5.84. The Labute approximate surface area is 68.9 Å². The second kappa shape index (κ2) is 3.77. The quantitative estimate of drug-likeness (QED) is 0.644. The van der Waals surface area contributed by atoms with Crippen LogP contribution in [0.15, 0.2) is 11.3 Å². The van der Waals surface area contributed by atoms with E-state index >= 15 is 0 Å². The number of allylic oxidation sites excluding steroid dienone is 1. The maximum absolute atomic E-state index is 5.84. The van der Waals surface area contributed by atoms with E-state index in [1.54, 1.807) is 0 Å². The van der Waals surface area contributed by atoms with Crippen molar-refractivity contribution in [3.63, 3.8) is 0 Å². The van der Waals surface area contributed by atoms with Crippen LogP contribution in [0.1, 0.15) is 33.1 Å². The van der Waals surface area contributed by atoms with Crippen molar-refractivity contribution in [1.29, 1.82) is 0 Å². The van der Waals surface area contributed by atoms with Gasteiger partial charge in [-0.3, -0.25) is 0 Å². The molecule has 1 aliphatic carbocycles. The fourth-order valence-electron chi connectivity index (χ4n) is 1.11. The summed E-state index contributed by atoms with van der Waals surface area (Å²) >= 11 is 0. The third kappa shape index (κ3) is 2.54. The van der Waals surface area contributed by atoms with Crippen molar-refractivity contribution in [3.05, 3.63) is 11.3 Å². The highest BCUT2D eigenvalue weighted by molar-refractivity contribution is 5.17. The molecular weight excluding hydrogens is 136 g/mol. The summed E-state index contributed by atoms with van der Waals surface area (Å²) in [5.41, 5.74) is 8.39. The molecule has 3 N–H and O–H groups in total. The molecule has 1 fully saturated rings. The Morgan fingerprint density at radius 3 is 2.55 bits per heavy atom. The van der Waals surface area contributed by atoms with Crippen molar-refractivity contribution < 1.29 is 0 Å². The monoisotopic (exact) mass is 154 g/mol. The smallest absolute Gasteiger partial charge is 0.0353 e. The van der Waals surface area contributed by atoms with Crippen LogP contribution in [0.3, 0.4) is 0 Å². The highest BCUT2D eigenvalue weighted by Crippen LogP contribution is 2.26. The van der Waals surface area contributed by atoms with Gasteiger partial charge < -0.3 is 11.1 Å². The third-order valence-electron chi connectivity index (χ3n) is 2.11. The molecule has 0 aromatic heterocycles. The Balaban J connectivity index is 2.25. The van der Waals surface area contributed by atoms with E-state index in [-0.39, 0.29) is 0 Å². The zero-order valence-electron chi connectivity index (χ0n) is 7.48. The molecule has 0 radical (unpaired) electrons. The standard InChI is InChI=1S/C9H18N2/c1-7(2)11-6-9(10)8-4-3-5-8/h7,11H,3-6,10H2,1-2H3. The summed E-state index contributed by atoms with van der Waals surface area (Å²) in [4.78, 5) is 0. The van der Waals surface area contributed by atoms with Gasteiger partial charge in [-0.15, -0.1) is 0 Å². The maximum Gasteiger partial charge on any atom is 0.0353 e. The fraction of sp³-hybridized carbons (Fsp3) is 0.778. The molecule has 0 amide bonds. The highest BCUT2D eigenvalue weighted by Gasteiger charge is 2.11. The summed E-state index contributed by atoms with van der Waals surface area (Å²) in [6.45, 7) is 5.14. The van der Waals surface area contributed by atoms with Crippen molar-refractivity contribution in [2.75, 3.05) is 6.54 Å². The third-order valence-corrected chi connectivity index (χ3v) is 2.11. The highest BCUT2D eigenvalue weighted by atomic mass is 14.9. The summed E-state index contributed by atoms with van der Waals surface area (Å²) in [5.74, 6) is 0. The molecule has 0 spiro atoms. The molecule has 1 aliphatic rings. The zero-order valence-corrected chi connectivity index (χ0v) is 7.48. The Bertz CT molecular complexity index is 153. The molecule has 0 aromatic rings. The minimum atomic E-state index is 0.536. The molecule has 64 valence electrons. The minimum Gasteiger partial charge on any atom is -0.401 e. The molecule has 11 heavy (non-hydrogen) atoms. The van der Waals surface area contributed by atoms with Crippen molar-refractivity contribution in [3.8, 4) is 0 Å². The molecule has 0 saturated heterocycles. The van der Waals surface area contributed by atoms with E-state index in [9.17, 15) is 0 Å². The molecule has 1 saturated carbocycles. The Hall–Kier alpha value is -0.500. The molecular formula is C9H18N2. The molecule has 2 heteroatoms. The van der Waals surface area contributed by atoms with Gasteiger partial charge in [0, 0.05) is 18.3 Å². The van der Waals surface area contributed by atoms with Gasteiger partial charge in [0.05, 0.1) is 0 Å². The Kier molecular flexibility index (Phi) is 2.94. The van der Waals surface area contributed by atoms with Crippen LogP contribution in [0.25, 0.3) is 0 Å². The van der Waals surface area contributed by atoms with Crippen LogP contribution in [0.5, 0.6) is 0 Å². The summed E-state index contributed by atoms with van der Waals surface area (Å²) in [7, 11) is 0. The van der Waals surface area contributed by atoms with Crippen molar-refractivity contribution >= 4 is 0 Å². The summed E-state index contributed by atoms with van der Waals surface area (Å²) in [5, 5.41) is 3.31. The lowest BCUT2D eigenvalue weighted by Crippen LogP contribution is -2.29. The van der Waals surface area contributed by atoms with Crippen molar-refractivity contribution in [2.24, 2.45) is 5.73 Å². The number of nitrogens with one attached hydrogen (secondary N) is 1. The van der Waals surface area contributed by atoms with E-state index in [1.807, 2.05) is 0 Å². The molecule has 0 aromatic carbocycles. The van der Waals surface area contributed by atoms with Crippen LogP contribution in [-0.4, -0.2) is 12.6 Å². The number of nitrogens with two attached hydrogens (primary N) is 1. The molecule has 0 atom stereocenters. The lowest BCUT2D eigenvalue weighted by molar-refractivity contribution is 0.592. The van der Waals surface area contributed by atoms with Crippen LogP contribution in [0.4, 0.5) is 0 Å². The van der Waals surface area contributed by atoms with Gasteiger partial charge in [-0.25, -0.2) is 0 Å². The average Bonchev–Trinajstić information content (AvgIpc) is 1.79. The van der Waals surface area contributed by atoms with Gasteiger partial charge >= 0.3 is 0 Å². The van der Waals surface area contributed by atoms with Gasteiger partial charge in [0.2, 0.25) is 0 Å². The number of hydrogen-bond acceptors (Lipinski definition) is 2. The largest absolute Gasteiger partial charge is 0.401 e. The lowest BCUT2D eigenvalue weighted by Gasteiger charge is -2.20. The van der Waals surface area contributed by atoms with E-state index in [1.165, 1.54) is 24.8 Å². The number of rotatable bonds is 3. The Morgan fingerprint density at radius 1 is 1.55 bits per heavy atom. The molecule has 0 unspecified atom stereocenters. The fourth-order valence-corrected chi connectivity index (χ4v) is 1.11. The van der Waals surface area contributed by atoms with Crippen LogP contribution in [-0.2, 0) is 0 Å². The first-order valence-corrected chi connectivity index (χ1v) is 4.40. The van der Waals surface area contributed by atoms with E-state index < -0.39 is 0 Å². The van der Waals surface area contributed by atoms with E-state index in [0.717, 1.165) is 12.2 Å². The van der Waals surface area contributed by atoms with Crippen LogP contribution in [0.2, 0.25) is 0 Å². The van der Waals surface area contributed by atoms with Gasteiger partial charge in [0.15, 0.2) is 0 Å². The second-order valence-corrected chi connectivity index (χ2v) is 3.52. The van der Waals surface area contributed by atoms with Gasteiger partial charge in [0.1, 0.15) is 0 Å². The van der Waals surface area contributed by atoms with Gasteiger partial charge in [-0.05, 0) is 19.3 Å². The van der Waals surface area contributed by atoms with Crippen molar-refractivity contribution in [2.45, 2.75) is 39.2 Å². The predicted molar refractivity (Wildman–Crippen MR) is 48.2 cm³/mol. The summed E-state index contributed by atoms with van der Waals surface area (Å²) in [6.07, 6.45) is 3.79. The van der Waals surface area contributed by atoms with Crippen LogP contribution < -0.4 is 11.1 Å². The first-order valence-electron chi connectivity index (χ1n) is 4.40. The first kappa shape index (κ1) is 8.60. The van der Waals surface area contributed by atoms with E-state index in [2.05, 4.69) is 19.2 Å². The van der Waals surface area contributed by atoms with Crippen LogP contribution >= 0.6 is 0 Å². The minimum absolute atomic E-state index is 0.536. The van der Waals surface area contributed by atoms with Gasteiger partial charge in [-0.2, -0.15) is 0 Å². The van der Waals surface area contributed by atoms with E-state index in [4.69, 9.17) is 5.73 Å². The first-order chi connectivity index (χ1) is 5.20. The predicted octanol–water partition coefficient (Wildman–Crippen LogP) is 1.38. The SMILES string of the molecule is CC(C)NCC(N)=C1CCC1. The number of hydrogen-bond donors (Lipinski definition) is 2. The molecule has 0 heterocycles. The topological polar surface area (TPSA) is 38.0 Å². The molecule has 0 aliphatic heterocycles. The lowest BCUT2D eigenvalue weighted by atomic mass is 9.90. The molecule has 2 nitrogen and oxygen atoms in total. The van der Waals surface area contributed by atoms with Gasteiger partial charge in [-0.1, -0.05) is 19.4 Å². The molecule has 1 rings (SSSR count). The van der Waals surface area contributed by atoms with Gasteiger partial charge in [0.25, 0.3) is 0 Å². The zero-order chi connectivity index (χ0) is 8.27. The summed E-state index contributed by atoms with van der Waals surface area (Å²) in [6, 6.07) is 0.536. The van der Waals surface area contributed by atoms with Crippen molar-refractivity contribution in [1.82, 2.24) is 5.32 Å². The normalized spacial score (nSPS) is 16.8. The second-order valence-electron chi connectivity index (χ2n) is 3.52.